The summed E-state index contributed by atoms with van der Waals surface area (Å²) in [5, 5.41) is 9.15. The molecule has 0 atom stereocenters. The highest BCUT2D eigenvalue weighted by Crippen LogP contribution is 2.16. The molecular weight excluding hydrogens is 226 g/mol. The van der Waals surface area contributed by atoms with E-state index in [0.29, 0.717) is 5.92 Å². The van der Waals surface area contributed by atoms with E-state index in [1.807, 2.05) is 12.1 Å². The van der Waals surface area contributed by atoms with Gasteiger partial charge in [0, 0.05) is 31.5 Å². The zero-order valence-corrected chi connectivity index (χ0v) is 11.9. The van der Waals surface area contributed by atoms with Crippen LogP contribution in [0, 0.1) is 5.92 Å². The molecule has 4 nitrogen and oxygen atoms in total. The third-order valence-corrected chi connectivity index (χ3v) is 2.73. The van der Waals surface area contributed by atoms with Gasteiger partial charge in [-0.25, -0.2) is 0 Å². The van der Waals surface area contributed by atoms with E-state index in [1.165, 1.54) is 0 Å². The third kappa shape index (κ3) is 5.02. The highest BCUT2D eigenvalue weighted by Gasteiger charge is 2.09. The zero-order valence-electron chi connectivity index (χ0n) is 11.9. The summed E-state index contributed by atoms with van der Waals surface area (Å²) in [6.45, 7) is 7.46. The second-order valence-electron chi connectivity index (χ2n) is 5.31. The normalized spacial score (nSPS) is 11.3. The molecule has 0 aliphatic heterocycles. The number of aromatic nitrogens is 1. The molecule has 0 aliphatic rings. The quantitative estimate of drug-likeness (QED) is 0.799. The van der Waals surface area contributed by atoms with Crippen molar-refractivity contribution in [2.75, 3.05) is 38.6 Å². The molecule has 0 spiro atoms. The summed E-state index contributed by atoms with van der Waals surface area (Å²) in [5.41, 5.74) is 1.87. The summed E-state index contributed by atoms with van der Waals surface area (Å²) in [7, 11) is 4.17. The number of aliphatic hydroxyl groups is 1. The van der Waals surface area contributed by atoms with E-state index in [1.54, 1.807) is 6.20 Å². The van der Waals surface area contributed by atoms with Crippen molar-refractivity contribution < 1.29 is 5.11 Å². The predicted molar refractivity (Wildman–Crippen MR) is 75.8 cm³/mol. The zero-order chi connectivity index (χ0) is 13.5. The Bertz CT molecular complexity index is 353. The van der Waals surface area contributed by atoms with Crippen molar-refractivity contribution in [2.45, 2.75) is 20.5 Å². The molecule has 1 heterocycles. The first-order valence-electron chi connectivity index (χ1n) is 6.48. The fraction of sp³-hybridized carbons (Fsp3) is 0.643. The van der Waals surface area contributed by atoms with Crippen LogP contribution in [-0.2, 0) is 6.61 Å². The molecule has 0 unspecified atom stereocenters. The molecule has 1 rings (SSSR count). The fourth-order valence-electron chi connectivity index (χ4n) is 1.84. The molecule has 1 aromatic rings. The van der Waals surface area contributed by atoms with Gasteiger partial charge in [0.1, 0.15) is 0 Å². The van der Waals surface area contributed by atoms with E-state index in [2.05, 4.69) is 42.7 Å². The van der Waals surface area contributed by atoms with Gasteiger partial charge in [-0.2, -0.15) is 0 Å². The summed E-state index contributed by atoms with van der Waals surface area (Å²) < 4.78 is 0. The van der Waals surface area contributed by atoms with Crippen molar-refractivity contribution in [3.63, 3.8) is 0 Å². The average Bonchev–Trinajstić information content (AvgIpc) is 2.34. The molecule has 0 amide bonds. The van der Waals surface area contributed by atoms with E-state index in [-0.39, 0.29) is 6.61 Å². The van der Waals surface area contributed by atoms with Crippen molar-refractivity contribution in [3.05, 3.63) is 24.0 Å². The van der Waals surface area contributed by atoms with Crippen molar-refractivity contribution in [1.29, 1.82) is 0 Å². The minimum atomic E-state index is -0.00294. The first-order valence-corrected chi connectivity index (χ1v) is 6.48. The highest BCUT2D eigenvalue weighted by atomic mass is 16.3. The van der Waals surface area contributed by atoms with Crippen molar-refractivity contribution in [1.82, 2.24) is 9.88 Å². The van der Waals surface area contributed by atoms with Crippen molar-refractivity contribution in [2.24, 2.45) is 5.92 Å². The van der Waals surface area contributed by atoms with Crippen LogP contribution in [0.1, 0.15) is 19.5 Å². The molecule has 1 N–H and O–H groups in total. The molecule has 0 aliphatic carbocycles. The summed E-state index contributed by atoms with van der Waals surface area (Å²) in [6, 6.07) is 3.98. The lowest BCUT2D eigenvalue weighted by Crippen LogP contribution is -2.34. The fourth-order valence-corrected chi connectivity index (χ4v) is 1.84. The largest absolute Gasteiger partial charge is 0.390 e. The number of aliphatic hydroxyl groups excluding tert-OH is 1. The number of rotatable bonds is 7. The van der Waals surface area contributed by atoms with Gasteiger partial charge in [-0.3, -0.25) is 4.98 Å². The molecule has 102 valence electrons. The smallest absolute Gasteiger partial charge is 0.0853 e. The van der Waals surface area contributed by atoms with Gasteiger partial charge in [-0.05, 0) is 32.1 Å². The Morgan fingerprint density at radius 1 is 1.28 bits per heavy atom. The molecule has 1 aromatic heterocycles. The van der Waals surface area contributed by atoms with Gasteiger partial charge in [0.05, 0.1) is 12.3 Å². The summed E-state index contributed by atoms with van der Waals surface area (Å²) in [4.78, 5) is 8.66. The molecule has 0 fully saturated rings. The third-order valence-electron chi connectivity index (χ3n) is 2.73. The molecule has 18 heavy (non-hydrogen) atoms. The van der Waals surface area contributed by atoms with E-state index in [4.69, 9.17) is 5.11 Å². The SMILES string of the molecule is CC(C)CN(CCN(C)C)c1ccnc(CO)c1. The van der Waals surface area contributed by atoms with Gasteiger partial charge in [0.2, 0.25) is 0 Å². The van der Waals surface area contributed by atoms with Gasteiger partial charge in [-0.1, -0.05) is 13.8 Å². The second kappa shape index (κ2) is 7.34. The van der Waals surface area contributed by atoms with Gasteiger partial charge in [0.15, 0.2) is 0 Å². The van der Waals surface area contributed by atoms with Gasteiger partial charge in [0.25, 0.3) is 0 Å². The number of hydrogen-bond acceptors (Lipinski definition) is 4. The summed E-state index contributed by atoms with van der Waals surface area (Å²) >= 11 is 0. The molecule has 0 radical (unpaired) electrons. The van der Waals surface area contributed by atoms with E-state index in [9.17, 15) is 0 Å². The van der Waals surface area contributed by atoms with Crippen molar-refractivity contribution in [3.8, 4) is 0 Å². The standard InChI is InChI=1S/C14H25N3O/c1-12(2)10-17(8-7-16(3)4)14-5-6-15-13(9-14)11-18/h5-6,9,12,18H,7-8,10-11H2,1-4H3. The Balaban J connectivity index is 2.79. The molecule has 0 saturated heterocycles. The van der Waals surface area contributed by atoms with Crippen molar-refractivity contribution >= 4 is 5.69 Å². The van der Waals surface area contributed by atoms with E-state index < -0.39 is 0 Å². The Kier molecular flexibility index (Phi) is 6.09. The predicted octanol–water partition coefficient (Wildman–Crippen LogP) is 1.60. The lowest BCUT2D eigenvalue weighted by atomic mass is 10.2. The maximum Gasteiger partial charge on any atom is 0.0853 e. The first-order chi connectivity index (χ1) is 8.52. The summed E-state index contributed by atoms with van der Waals surface area (Å²) in [6.07, 6.45) is 1.77. The molecule has 0 aromatic carbocycles. The monoisotopic (exact) mass is 251 g/mol. The number of likely N-dealkylation sites (N-methyl/N-ethyl adjacent to an activating group) is 1. The van der Waals surface area contributed by atoms with E-state index in [0.717, 1.165) is 31.0 Å². The number of hydrogen-bond donors (Lipinski definition) is 1. The lowest BCUT2D eigenvalue weighted by Gasteiger charge is -2.28. The Hall–Kier alpha value is -1.13. The van der Waals surface area contributed by atoms with Crippen LogP contribution in [0.3, 0.4) is 0 Å². The first kappa shape index (κ1) is 14.9. The van der Waals surface area contributed by atoms with Crippen LogP contribution in [0.15, 0.2) is 18.3 Å². The number of pyridine rings is 1. The minimum Gasteiger partial charge on any atom is -0.390 e. The highest BCUT2D eigenvalue weighted by molar-refractivity contribution is 5.46. The Morgan fingerprint density at radius 2 is 2.00 bits per heavy atom. The maximum atomic E-state index is 9.15. The molecule has 0 bridgehead atoms. The van der Waals surface area contributed by atoms with Crippen LogP contribution in [-0.4, -0.2) is 48.7 Å². The lowest BCUT2D eigenvalue weighted by molar-refractivity contribution is 0.277. The number of nitrogens with zero attached hydrogens (tertiary/aromatic N) is 3. The Morgan fingerprint density at radius 3 is 2.56 bits per heavy atom. The van der Waals surface area contributed by atoms with Gasteiger partial charge in [-0.15, -0.1) is 0 Å². The average molecular weight is 251 g/mol. The molecule has 4 heteroatoms. The Labute approximate surface area is 110 Å². The minimum absolute atomic E-state index is 0.00294. The topological polar surface area (TPSA) is 39.6 Å². The van der Waals surface area contributed by atoms with Crippen LogP contribution in [0.5, 0.6) is 0 Å². The van der Waals surface area contributed by atoms with Gasteiger partial charge < -0.3 is 14.9 Å². The molecule has 0 saturated carbocycles. The van der Waals surface area contributed by atoms with E-state index >= 15 is 0 Å². The van der Waals surface area contributed by atoms with Crippen LogP contribution >= 0.6 is 0 Å². The summed E-state index contributed by atoms with van der Waals surface area (Å²) in [5.74, 6) is 0.609. The van der Waals surface area contributed by atoms with Crippen LogP contribution in [0.2, 0.25) is 0 Å². The van der Waals surface area contributed by atoms with Crippen LogP contribution in [0.4, 0.5) is 5.69 Å². The molecular formula is C14H25N3O. The van der Waals surface area contributed by atoms with Crippen LogP contribution < -0.4 is 4.90 Å². The van der Waals surface area contributed by atoms with Crippen LogP contribution in [0.25, 0.3) is 0 Å². The maximum absolute atomic E-state index is 9.15. The van der Waals surface area contributed by atoms with Gasteiger partial charge >= 0.3 is 0 Å². The number of anilines is 1. The second-order valence-corrected chi connectivity index (χ2v) is 5.31.